The highest BCUT2D eigenvalue weighted by atomic mass is 79.9. The Morgan fingerprint density at radius 3 is 2.44 bits per heavy atom. The number of fused-ring (bicyclic) bond motifs is 1. The Hall–Kier alpha value is -2.26. The van der Waals surface area contributed by atoms with Crippen molar-refractivity contribution in [2.75, 3.05) is 12.0 Å². The second-order valence-electron chi connectivity index (χ2n) is 6.31. The fourth-order valence-corrected chi connectivity index (χ4v) is 4.04. The molecule has 1 heterocycles. The average Bonchev–Trinajstić information content (AvgIpc) is 2.68. The summed E-state index contributed by atoms with van der Waals surface area (Å²) in [7, 11) is 1.70. The number of rotatable bonds is 3. The Morgan fingerprint density at radius 1 is 0.960 bits per heavy atom. The maximum absolute atomic E-state index is 5.33. The van der Waals surface area contributed by atoms with E-state index in [4.69, 9.17) is 4.74 Å². The lowest BCUT2D eigenvalue weighted by Gasteiger charge is -2.39. The van der Waals surface area contributed by atoms with Gasteiger partial charge in [0, 0.05) is 15.8 Å². The molecule has 0 saturated heterocycles. The molecule has 3 aromatic carbocycles. The van der Waals surface area contributed by atoms with Crippen molar-refractivity contribution in [2.45, 2.75) is 18.9 Å². The van der Waals surface area contributed by atoms with Crippen LogP contribution in [0.25, 0.3) is 0 Å². The van der Waals surface area contributed by atoms with E-state index in [0.29, 0.717) is 6.04 Å². The van der Waals surface area contributed by atoms with Gasteiger partial charge in [-0.1, -0.05) is 46.3 Å². The zero-order valence-electron chi connectivity index (χ0n) is 14.2. The van der Waals surface area contributed by atoms with Gasteiger partial charge in [-0.25, -0.2) is 0 Å². The van der Waals surface area contributed by atoms with Crippen molar-refractivity contribution in [2.24, 2.45) is 0 Å². The van der Waals surface area contributed by atoms with Gasteiger partial charge in [0.15, 0.2) is 0 Å². The van der Waals surface area contributed by atoms with Crippen LogP contribution in [-0.2, 0) is 6.42 Å². The summed E-state index contributed by atoms with van der Waals surface area (Å²) in [5.41, 5.74) is 5.22. The van der Waals surface area contributed by atoms with E-state index in [9.17, 15) is 0 Å². The molecule has 1 aliphatic heterocycles. The van der Waals surface area contributed by atoms with Gasteiger partial charge in [0.25, 0.3) is 0 Å². The van der Waals surface area contributed by atoms with Crippen molar-refractivity contribution in [3.63, 3.8) is 0 Å². The Balaban J connectivity index is 1.83. The molecule has 0 bridgehead atoms. The lowest BCUT2D eigenvalue weighted by Crippen LogP contribution is -2.29. The second-order valence-corrected chi connectivity index (χ2v) is 7.22. The second kappa shape index (κ2) is 6.93. The SMILES string of the molecule is COc1ccc(N2c3ccc(Br)cc3CCC2c2ccccc2)cc1. The fourth-order valence-electron chi connectivity index (χ4n) is 3.63. The zero-order chi connectivity index (χ0) is 17.2. The molecule has 1 unspecified atom stereocenters. The van der Waals surface area contributed by atoms with E-state index in [1.165, 1.54) is 22.5 Å². The molecule has 3 aromatic rings. The fraction of sp³-hybridized carbons (Fsp3) is 0.182. The Bertz CT molecular complexity index is 861. The number of ether oxygens (including phenoxy) is 1. The minimum absolute atomic E-state index is 0.336. The third kappa shape index (κ3) is 3.16. The minimum atomic E-state index is 0.336. The molecule has 126 valence electrons. The molecule has 0 radical (unpaired) electrons. The highest BCUT2D eigenvalue weighted by molar-refractivity contribution is 9.10. The molecule has 3 heteroatoms. The van der Waals surface area contributed by atoms with Crippen molar-refractivity contribution in [3.05, 3.63) is 88.4 Å². The topological polar surface area (TPSA) is 12.5 Å². The van der Waals surface area contributed by atoms with Crippen LogP contribution < -0.4 is 9.64 Å². The number of anilines is 2. The summed E-state index contributed by atoms with van der Waals surface area (Å²) in [6.07, 6.45) is 2.18. The van der Waals surface area contributed by atoms with Crippen molar-refractivity contribution < 1.29 is 4.74 Å². The Morgan fingerprint density at radius 2 is 1.72 bits per heavy atom. The smallest absolute Gasteiger partial charge is 0.119 e. The van der Waals surface area contributed by atoms with E-state index in [2.05, 4.69) is 81.5 Å². The van der Waals surface area contributed by atoms with Gasteiger partial charge in [-0.3, -0.25) is 0 Å². The molecule has 0 aliphatic carbocycles. The third-order valence-corrected chi connectivity index (χ3v) is 5.33. The number of benzene rings is 3. The molecule has 25 heavy (non-hydrogen) atoms. The molecule has 0 aromatic heterocycles. The van der Waals surface area contributed by atoms with E-state index >= 15 is 0 Å². The highest BCUT2D eigenvalue weighted by Gasteiger charge is 2.28. The maximum Gasteiger partial charge on any atom is 0.119 e. The lowest BCUT2D eigenvalue weighted by molar-refractivity contribution is 0.415. The van der Waals surface area contributed by atoms with Crippen LogP contribution in [-0.4, -0.2) is 7.11 Å². The summed E-state index contributed by atoms with van der Waals surface area (Å²) < 4.78 is 6.47. The van der Waals surface area contributed by atoms with Crippen molar-refractivity contribution in [3.8, 4) is 5.75 Å². The number of nitrogens with zero attached hydrogens (tertiary/aromatic N) is 1. The Labute approximate surface area is 157 Å². The minimum Gasteiger partial charge on any atom is -0.497 e. The summed E-state index contributed by atoms with van der Waals surface area (Å²) in [6.45, 7) is 0. The normalized spacial score (nSPS) is 16.4. The summed E-state index contributed by atoms with van der Waals surface area (Å²) >= 11 is 3.61. The average molecular weight is 394 g/mol. The van der Waals surface area contributed by atoms with Crippen LogP contribution in [0.15, 0.2) is 77.3 Å². The molecule has 0 amide bonds. The molecule has 1 atom stereocenters. The molecule has 2 nitrogen and oxygen atoms in total. The molecular weight excluding hydrogens is 374 g/mol. The maximum atomic E-state index is 5.33. The van der Waals surface area contributed by atoms with E-state index < -0.39 is 0 Å². The van der Waals surface area contributed by atoms with Gasteiger partial charge in [-0.05, 0) is 66.4 Å². The quantitative estimate of drug-likeness (QED) is 0.518. The summed E-state index contributed by atoms with van der Waals surface area (Å²) in [4.78, 5) is 2.46. The van der Waals surface area contributed by atoms with Crippen molar-refractivity contribution in [1.29, 1.82) is 0 Å². The standard InChI is InChI=1S/C22H20BrNO/c1-25-20-11-9-19(10-12-20)24-21(16-5-3-2-4-6-16)13-7-17-15-18(23)8-14-22(17)24/h2-6,8-12,14-15,21H,7,13H2,1H3. The first-order valence-corrected chi connectivity index (χ1v) is 9.32. The molecule has 4 rings (SSSR count). The highest BCUT2D eigenvalue weighted by Crippen LogP contribution is 2.44. The van der Waals surface area contributed by atoms with Crippen LogP contribution in [0.4, 0.5) is 11.4 Å². The van der Waals surface area contributed by atoms with E-state index in [1.54, 1.807) is 7.11 Å². The predicted molar refractivity (Wildman–Crippen MR) is 107 cm³/mol. The van der Waals surface area contributed by atoms with E-state index in [0.717, 1.165) is 23.1 Å². The molecule has 0 saturated carbocycles. The van der Waals surface area contributed by atoms with Crippen molar-refractivity contribution >= 4 is 27.3 Å². The summed E-state index contributed by atoms with van der Waals surface area (Å²) in [5.74, 6) is 0.882. The molecule has 0 fully saturated rings. The van der Waals surface area contributed by atoms with Crippen LogP contribution >= 0.6 is 15.9 Å². The van der Waals surface area contributed by atoms with Crippen LogP contribution in [0.5, 0.6) is 5.75 Å². The number of hydrogen-bond donors (Lipinski definition) is 0. The van der Waals surface area contributed by atoms with Gasteiger partial charge in [-0.15, -0.1) is 0 Å². The van der Waals surface area contributed by atoms with Crippen molar-refractivity contribution in [1.82, 2.24) is 0 Å². The predicted octanol–water partition coefficient (Wildman–Crippen LogP) is 6.28. The van der Waals surface area contributed by atoms with Crippen LogP contribution in [0.3, 0.4) is 0 Å². The van der Waals surface area contributed by atoms with Gasteiger partial charge < -0.3 is 9.64 Å². The first kappa shape index (κ1) is 16.2. The Kier molecular flexibility index (Phi) is 4.50. The van der Waals surface area contributed by atoms with Gasteiger partial charge >= 0.3 is 0 Å². The van der Waals surface area contributed by atoms with Gasteiger partial charge in [0.1, 0.15) is 5.75 Å². The van der Waals surface area contributed by atoms with Crippen LogP contribution in [0, 0.1) is 0 Å². The number of aryl methyl sites for hydroxylation is 1. The monoisotopic (exact) mass is 393 g/mol. The molecular formula is C22H20BrNO. The van der Waals surface area contributed by atoms with Gasteiger partial charge in [0.2, 0.25) is 0 Å². The number of halogens is 1. The summed E-state index contributed by atoms with van der Waals surface area (Å²) in [6, 6.07) is 26.1. The van der Waals surface area contributed by atoms with Crippen LogP contribution in [0.2, 0.25) is 0 Å². The third-order valence-electron chi connectivity index (χ3n) is 4.83. The zero-order valence-corrected chi connectivity index (χ0v) is 15.7. The van der Waals surface area contributed by atoms with E-state index in [-0.39, 0.29) is 0 Å². The first-order chi connectivity index (χ1) is 12.3. The van der Waals surface area contributed by atoms with Crippen LogP contribution in [0.1, 0.15) is 23.6 Å². The molecule has 0 spiro atoms. The number of methoxy groups -OCH3 is 1. The first-order valence-electron chi connectivity index (χ1n) is 8.53. The van der Waals surface area contributed by atoms with Gasteiger partial charge in [0.05, 0.1) is 13.2 Å². The lowest BCUT2D eigenvalue weighted by atomic mass is 9.90. The number of hydrogen-bond acceptors (Lipinski definition) is 2. The molecule has 0 N–H and O–H groups in total. The largest absolute Gasteiger partial charge is 0.497 e. The summed E-state index contributed by atoms with van der Waals surface area (Å²) in [5, 5.41) is 0. The van der Waals surface area contributed by atoms with Gasteiger partial charge in [-0.2, -0.15) is 0 Å². The molecule has 1 aliphatic rings. The van der Waals surface area contributed by atoms with E-state index in [1.807, 2.05) is 12.1 Å².